The predicted octanol–water partition coefficient (Wildman–Crippen LogP) is 3.72. The summed E-state index contributed by atoms with van der Waals surface area (Å²) in [6, 6.07) is 14.7. The number of nitrogens with two attached hydrogens (primary N) is 1. The number of hydrogen-bond acceptors (Lipinski definition) is 3. The first-order valence-electron chi connectivity index (χ1n) is 6.94. The van der Waals surface area contributed by atoms with Crippen molar-refractivity contribution in [1.82, 2.24) is 0 Å². The van der Waals surface area contributed by atoms with Crippen LogP contribution in [0.3, 0.4) is 0 Å². The molecule has 0 aromatic heterocycles. The van der Waals surface area contributed by atoms with Gasteiger partial charge in [0.25, 0.3) is 0 Å². The molecule has 0 spiro atoms. The van der Waals surface area contributed by atoms with Crippen LogP contribution in [0.2, 0.25) is 0 Å². The molecule has 0 fully saturated rings. The number of thioether (sulfide) groups is 1. The molecule has 0 saturated heterocycles. The van der Waals surface area contributed by atoms with E-state index in [1.165, 1.54) is 16.0 Å². The van der Waals surface area contributed by atoms with E-state index in [0.29, 0.717) is 0 Å². The number of ether oxygens (including phenoxy) is 1. The summed E-state index contributed by atoms with van der Waals surface area (Å²) >= 11 is 1.81. The number of hydrogen-bond donors (Lipinski definition) is 1. The molecule has 1 unspecified atom stereocenters. The normalized spacial score (nSPS) is 14.7. The van der Waals surface area contributed by atoms with Gasteiger partial charge in [-0.05, 0) is 24.1 Å². The van der Waals surface area contributed by atoms with Crippen molar-refractivity contribution in [2.75, 3.05) is 12.4 Å². The molecule has 3 rings (SSSR count). The quantitative estimate of drug-likeness (QED) is 0.870. The summed E-state index contributed by atoms with van der Waals surface area (Å²) in [4.78, 5) is 1.30. The summed E-state index contributed by atoms with van der Waals surface area (Å²) in [6.45, 7) is 2.92. The van der Waals surface area contributed by atoms with Crippen LogP contribution in [0.4, 0.5) is 0 Å². The summed E-state index contributed by atoms with van der Waals surface area (Å²) in [5.74, 6) is 1.88. The van der Waals surface area contributed by atoms with Crippen LogP contribution in [0, 0.1) is 6.92 Å². The average molecular weight is 285 g/mol. The average Bonchev–Trinajstić information content (AvgIpc) is 2.94. The monoisotopic (exact) mass is 285 g/mol. The standard InChI is InChI=1S/C17H19NOS/c1-12-5-2-3-8-16(12)20-11-15(18)14-7-4-6-13-9-10-19-17(13)14/h2-8,15H,9-11,18H2,1H3. The topological polar surface area (TPSA) is 35.2 Å². The van der Waals surface area contributed by atoms with Gasteiger partial charge in [0, 0.05) is 28.7 Å². The summed E-state index contributed by atoms with van der Waals surface area (Å²) in [5, 5.41) is 0. The number of aryl methyl sites for hydroxylation is 1. The molecule has 0 amide bonds. The molecule has 0 aliphatic carbocycles. The Morgan fingerprint density at radius 1 is 1.20 bits per heavy atom. The molecule has 1 aliphatic heterocycles. The Labute approximate surface area is 124 Å². The van der Waals surface area contributed by atoms with Crippen molar-refractivity contribution in [2.45, 2.75) is 24.3 Å². The van der Waals surface area contributed by atoms with Gasteiger partial charge < -0.3 is 10.5 Å². The fourth-order valence-corrected chi connectivity index (χ4v) is 3.53. The van der Waals surface area contributed by atoms with Gasteiger partial charge in [-0.25, -0.2) is 0 Å². The highest BCUT2D eigenvalue weighted by molar-refractivity contribution is 7.99. The molecule has 1 aliphatic rings. The second-order valence-corrected chi connectivity index (χ2v) is 6.18. The van der Waals surface area contributed by atoms with Gasteiger partial charge in [-0.3, -0.25) is 0 Å². The van der Waals surface area contributed by atoms with Crippen molar-refractivity contribution >= 4 is 11.8 Å². The maximum Gasteiger partial charge on any atom is 0.127 e. The van der Waals surface area contributed by atoms with Crippen molar-refractivity contribution in [3.63, 3.8) is 0 Å². The Kier molecular flexibility index (Phi) is 3.99. The third kappa shape index (κ3) is 2.69. The molecule has 104 valence electrons. The molecule has 0 bridgehead atoms. The number of benzene rings is 2. The lowest BCUT2D eigenvalue weighted by molar-refractivity contribution is 0.352. The van der Waals surface area contributed by atoms with E-state index in [1.54, 1.807) is 0 Å². The number of fused-ring (bicyclic) bond motifs is 1. The molecular formula is C17H19NOS. The number of para-hydroxylation sites is 1. The minimum atomic E-state index is 0.00709. The Hall–Kier alpha value is -1.45. The van der Waals surface area contributed by atoms with E-state index in [1.807, 2.05) is 11.8 Å². The van der Waals surface area contributed by atoms with Gasteiger partial charge in [-0.1, -0.05) is 36.4 Å². The lowest BCUT2D eigenvalue weighted by Crippen LogP contribution is -2.14. The van der Waals surface area contributed by atoms with Crippen LogP contribution in [-0.2, 0) is 6.42 Å². The molecule has 2 aromatic carbocycles. The van der Waals surface area contributed by atoms with Crippen molar-refractivity contribution in [1.29, 1.82) is 0 Å². The molecule has 1 atom stereocenters. The zero-order valence-electron chi connectivity index (χ0n) is 11.6. The lowest BCUT2D eigenvalue weighted by Gasteiger charge is -2.15. The minimum absolute atomic E-state index is 0.00709. The molecule has 20 heavy (non-hydrogen) atoms. The van der Waals surface area contributed by atoms with Crippen molar-refractivity contribution < 1.29 is 4.74 Å². The van der Waals surface area contributed by atoms with Crippen LogP contribution in [0.1, 0.15) is 22.7 Å². The Bertz CT molecular complexity index is 612. The molecule has 2 aromatic rings. The molecule has 2 nitrogen and oxygen atoms in total. The van der Waals surface area contributed by atoms with E-state index in [4.69, 9.17) is 10.5 Å². The lowest BCUT2D eigenvalue weighted by atomic mass is 10.0. The van der Waals surface area contributed by atoms with E-state index in [9.17, 15) is 0 Å². The van der Waals surface area contributed by atoms with Gasteiger partial charge in [0.2, 0.25) is 0 Å². The van der Waals surface area contributed by atoms with Crippen LogP contribution in [0.25, 0.3) is 0 Å². The first-order valence-corrected chi connectivity index (χ1v) is 7.93. The molecule has 3 heteroatoms. The van der Waals surface area contributed by atoms with Crippen molar-refractivity contribution in [3.8, 4) is 5.75 Å². The highest BCUT2D eigenvalue weighted by Crippen LogP contribution is 2.35. The van der Waals surface area contributed by atoms with Gasteiger partial charge in [0.15, 0.2) is 0 Å². The second kappa shape index (κ2) is 5.90. The predicted molar refractivity (Wildman–Crippen MR) is 84.5 cm³/mol. The zero-order chi connectivity index (χ0) is 13.9. The summed E-state index contributed by atoms with van der Waals surface area (Å²) in [7, 11) is 0. The van der Waals surface area contributed by atoms with E-state index in [0.717, 1.165) is 30.1 Å². The molecule has 2 N–H and O–H groups in total. The molecule has 1 heterocycles. The Balaban J connectivity index is 1.73. The maximum atomic E-state index is 6.37. The first-order chi connectivity index (χ1) is 9.75. The van der Waals surface area contributed by atoms with E-state index in [2.05, 4.69) is 49.4 Å². The van der Waals surface area contributed by atoms with Crippen LogP contribution < -0.4 is 10.5 Å². The van der Waals surface area contributed by atoms with Crippen LogP contribution in [0.15, 0.2) is 47.4 Å². The largest absolute Gasteiger partial charge is 0.493 e. The second-order valence-electron chi connectivity index (χ2n) is 5.12. The number of rotatable bonds is 4. The van der Waals surface area contributed by atoms with Gasteiger partial charge in [0.05, 0.1) is 6.61 Å². The SMILES string of the molecule is Cc1ccccc1SCC(N)c1cccc2c1OCC2. The van der Waals surface area contributed by atoms with Crippen molar-refractivity contribution in [3.05, 3.63) is 59.2 Å². The fourth-order valence-electron chi connectivity index (χ4n) is 2.52. The zero-order valence-corrected chi connectivity index (χ0v) is 12.5. The highest BCUT2D eigenvalue weighted by atomic mass is 32.2. The van der Waals surface area contributed by atoms with Crippen molar-refractivity contribution in [2.24, 2.45) is 5.73 Å². The third-order valence-corrected chi connectivity index (χ3v) is 4.95. The Morgan fingerprint density at radius 3 is 2.90 bits per heavy atom. The summed E-state index contributed by atoms with van der Waals surface area (Å²) in [6.07, 6.45) is 1.00. The van der Waals surface area contributed by atoms with E-state index in [-0.39, 0.29) is 6.04 Å². The smallest absolute Gasteiger partial charge is 0.127 e. The van der Waals surface area contributed by atoms with Crippen LogP contribution in [0.5, 0.6) is 5.75 Å². The van der Waals surface area contributed by atoms with Gasteiger partial charge in [-0.15, -0.1) is 11.8 Å². The molecule has 0 saturated carbocycles. The van der Waals surface area contributed by atoms with E-state index >= 15 is 0 Å². The maximum absolute atomic E-state index is 6.37. The third-order valence-electron chi connectivity index (χ3n) is 3.66. The molecule has 0 radical (unpaired) electrons. The van der Waals surface area contributed by atoms with E-state index < -0.39 is 0 Å². The Morgan fingerprint density at radius 2 is 2.05 bits per heavy atom. The van der Waals surface area contributed by atoms with Gasteiger partial charge in [-0.2, -0.15) is 0 Å². The summed E-state index contributed by atoms with van der Waals surface area (Å²) in [5.41, 5.74) is 10.1. The minimum Gasteiger partial charge on any atom is -0.493 e. The molecular weight excluding hydrogens is 266 g/mol. The fraction of sp³-hybridized carbons (Fsp3) is 0.294. The summed E-state index contributed by atoms with van der Waals surface area (Å²) < 4.78 is 5.74. The van der Waals surface area contributed by atoms with Crippen LogP contribution in [-0.4, -0.2) is 12.4 Å². The van der Waals surface area contributed by atoms with Gasteiger partial charge >= 0.3 is 0 Å². The first kappa shape index (κ1) is 13.5. The van der Waals surface area contributed by atoms with Gasteiger partial charge in [0.1, 0.15) is 5.75 Å². The highest BCUT2D eigenvalue weighted by Gasteiger charge is 2.20. The van der Waals surface area contributed by atoms with Crippen LogP contribution >= 0.6 is 11.8 Å².